The summed E-state index contributed by atoms with van der Waals surface area (Å²) in [6, 6.07) is 59.0. The molecular weight excluding hydrogens is 668 g/mol. The van der Waals surface area contributed by atoms with Gasteiger partial charge in [-0.2, -0.15) is 0 Å². The number of aromatic nitrogens is 1. The van der Waals surface area contributed by atoms with Crippen LogP contribution in [0.4, 0.5) is 21.5 Å². The molecule has 0 bridgehead atoms. The number of hydrogen-bond acceptors (Lipinski definition) is 2. The summed E-state index contributed by atoms with van der Waals surface area (Å²) in [7, 11) is 0. The molecule has 0 saturated carbocycles. The van der Waals surface area contributed by atoms with Gasteiger partial charge in [-0.1, -0.05) is 115 Å². The number of rotatable bonds is 6. The molecule has 10 rings (SSSR count). The number of benzene rings is 7. The Hall–Kier alpha value is -6.23. The Morgan fingerprint density at radius 2 is 1.17 bits per heavy atom. The van der Waals surface area contributed by atoms with E-state index in [-0.39, 0.29) is 0 Å². The minimum Gasteiger partial charge on any atom is -0.310 e. The van der Waals surface area contributed by atoms with Crippen molar-refractivity contribution in [3.8, 4) is 22.3 Å². The number of alkyl halides is 1. The maximum atomic E-state index is 14.7. The minimum absolute atomic E-state index is 0.364. The molecule has 0 N–H and O–H groups in total. The van der Waals surface area contributed by atoms with Gasteiger partial charge in [-0.3, -0.25) is 0 Å². The van der Waals surface area contributed by atoms with Gasteiger partial charge in [-0.25, -0.2) is 4.39 Å². The van der Waals surface area contributed by atoms with Crippen LogP contribution in [0.25, 0.3) is 69.9 Å². The van der Waals surface area contributed by atoms with E-state index in [2.05, 4.69) is 173 Å². The number of halogens is 1. The Morgan fingerprint density at radius 3 is 1.91 bits per heavy atom. The number of fused-ring (bicyclic) bond motifs is 6. The van der Waals surface area contributed by atoms with E-state index in [0.717, 1.165) is 44.9 Å². The van der Waals surface area contributed by atoms with E-state index in [1.807, 2.05) is 23.5 Å². The summed E-state index contributed by atoms with van der Waals surface area (Å²) in [6.07, 6.45) is 5.98. The summed E-state index contributed by atoms with van der Waals surface area (Å²) < 4.78 is 19.5. The number of hydrogen-bond donors (Lipinski definition) is 0. The van der Waals surface area contributed by atoms with Crippen LogP contribution in [0.2, 0.25) is 0 Å². The fourth-order valence-electron chi connectivity index (χ4n) is 7.87. The third kappa shape index (κ3) is 5.46. The number of allylic oxidation sites excluding steroid dienone is 4. The third-order valence-electron chi connectivity index (χ3n) is 10.6. The molecule has 4 heteroatoms. The zero-order chi connectivity index (χ0) is 35.5. The van der Waals surface area contributed by atoms with Crippen LogP contribution in [-0.4, -0.2) is 10.2 Å². The van der Waals surface area contributed by atoms with E-state index in [4.69, 9.17) is 0 Å². The first-order chi connectivity index (χ1) is 26.0. The van der Waals surface area contributed by atoms with Gasteiger partial charge in [0, 0.05) is 49.7 Å². The molecule has 1 aliphatic carbocycles. The van der Waals surface area contributed by atoms with Crippen molar-refractivity contribution in [3.05, 3.63) is 182 Å². The van der Waals surface area contributed by atoms with Gasteiger partial charge in [-0.15, -0.1) is 11.3 Å². The van der Waals surface area contributed by atoms with Gasteiger partial charge in [0.15, 0.2) is 0 Å². The molecule has 0 spiro atoms. The number of para-hydroxylation sites is 1. The molecule has 0 fully saturated rings. The van der Waals surface area contributed by atoms with E-state index in [9.17, 15) is 4.39 Å². The molecular formula is C49H35FN2S. The normalized spacial score (nSPS) is 15.8. The molecule has 254 valence electrons. The van der Waals surface area contributed by atoms with Crippen molar-refractivity contribution >= 4 is 76.1 Å². The molecule has 9 aromatic rings. The number of nitrogens with zero attached hydrogens (tertiary/aromatic N) is 2. The lowest BCUT2D eigenvalue weighted by molar-refractivity contribution is 0.260. The average molecular weight is 703 g/mol. The zero-order valence-electron chi connectivity index (χ0n) is 29.2. The highest BCUT2D eigenvalue weighted by Crippen LogP contribution is 2.45. The Kier molecular flexibility index (Phi) is 7.41. The standard InChI is InChI=1S/C49H35FN2S/c1-49(50)30-28-39(29-31-49)52-44-15-7-5-12-40(44)43-32-36(22-27-45(43)52)35-20-25-38(26-21-35)51(37-23-18-34(19-24-37)33-10-3-2-4-11-33)46-16-9-14-42-41-13-6-8-17-47(41)53-48(42)46/h2-30,32H,31H2,1H3. The fourth-order valence-corrected chi connectivity index (χ4v) is 9.07. The van der Waals surface area contributed by atoms with Crippen LogP contribution in [0.5, 0.6) is 0 Å². The van der Waals surface area contributed by atoms with Crippen molar-refractivity contribution in [2.75, 3.05) is 4.90 Å². The molecule has 0 amide bonds. The van der Waals surface area contributed by atoms with Crippen molar-refractivity contribution in [2.45, 2.75) is 19.0 Å². The molecule has 0 radical (unpaired) electrons. The second-order valence-corrected chi connectivity index (χ2v) is 15.1. The van der Waals surface area contributed by atoms with Crippen LogP contribution in [0, 0.1) is 0 Å². The molecule has 1 atom stereocenters. The van der Waals surface area contributed by atoms with Crippen LogP contribution >= 0.6 is 11.3 Å². The van der Waals surface area contributed by atoms with E-state index in [0.29, 0.717) is 6.42 Å². The molecule has 53 heavy (non-hydrogen) atoms. The summed E-state index contributed by atoms with van der Waals surface area (Å²) in [4.78, 5) is 2.39. The summed E-state index contributed by atoms with van der Waals surface area (Å²) in [5, 5.41) is 4.93. The van der Waals surface area contributed by atoms with E-state index in [1.165, 1.54) is 42.1 Å². The van der Waals surface area contributed by atoms with Gasteiger partial charge in [0.2, 0.25) is 0 Å². The first kappa shape index (κ1) is 31.5. The smallest absolute Gasteiger partial charge is 0.130 e. The lowest BCUT2D eigenvalue weighted by Gasteiger charge is -2.26. The van der Waals surface area contributed by atoms with Gasteiger partial charge in [-0.05, 0) is 95.9 Å². The molecule has 1 unspecified atom stereocenters. The molecule has 0 aliphatic heterocycles. The average Bonchev–Trinajstić information content (AvgIpc) is 3.75. The molecule has 7 aromatic carbocycles. The van der Waals surface area contributed by atoms with Crippen molar-refractivity contribution in [1.29, 1.82) is 0 Å². The van der Waals surface area contributed by atoms with E-state index >= 15 is 0 Å². The van der Waals surface area contributed by atoms with Crippen LogP contribution in [0.15, 0.2) is 182 Å². The van der Waals surface area contributed by atoms with Gasteiger partial charge >= 0.3 is 0 Å². The molecule has 2 aromatic heterocycles. The maximum absolute atomic E-state index is 14.7. The topological polar surface area (TPSA) is 8.17 Å². The first-order valence-corrected chi connectivity index (χ1v) is 18.9. The number of thiophene rings is 1. The Balaban J connectivity index is 1.07. The highest BCUT2D eigenvalue weighted by Gasteiger charge is 2.23. The van der Waals surface area contributed by atoms with Crippen LogP contribution < -0.4 is 4.90 Å². The van der Waals surface area contributed by atoms with Crippen molar-refractivity contribution in [1.82, 2.24) is 4.57 Å². The minimum atomic E-state index is -1.31. The van der Waals surface area contributed by atoms with E-state index < -0.39 is 5.67 Å². The van der Waals surface area contributed by atoms with Gasteiger partial charge in [0.05, 0.1) is 21.4 Å². The Morgan fingerprint density at radius 1 is 0.566 bits per heavy atom. The van der Waals surface area contributed by atoms with Crippen molar-refractivity contribution in [2.24, 2.45) is 0 Å². The largest absolute Gasteiger partial charge is 0.310 e. The maximum Gasteiger partial charge on any atom is 0.130 e. The predicted molar refractivity (Wildman–Crippen MR) is 225 cm³/mol. The van der Waals surface area contributed by atoms with Crippen LogP contribution in [0.3, 0.4) is 0 Å². The van der Waals surface area contributed by atoms with Gasteiger partial charge in [0.1, 0.15) is 5.67 Å². The second-order valence-electron chi connectivity index (χ2n) is 14.1. The molecule has 1 aliphatic rings. The summed E-state index contributed by atoms with van der Waals surface area (Å²) in [6.45, 7) is 1.63. The van der Waals surface area contributed by atoms with Crippen LogP contribution in [0.1, 0.15) is 13.3 Å². The predicted octanol–water partition coefficient (Wildman–Crippen LogP) is 14.5. The second kappa shape index (κ2) is 12.5. The Labute approximate surface area is 312 Å². The van der Waals surface area contributed by atoms with Crippen molar-refractivity contribution < 1.29 is 4.39 Å². The molecule has 2 nitrogen and oxygen atoms in total. The van der Waals surface area contributed by atoms with Crippen LogP contribution in [-0.2, 0) is 0 Å². The lowest BCUT2D eigenvalue weighted by atomic mass is 9.98. The first-order valence-electron chi connectivity index (χ1n) is 18.1. The summed E-state index contributed by atoms with van der Waals surface area (Å²) in [5.74, 6) is 0. The molecule has 2 heterocycles. The van der Waals surface area contributed by atoms with Gasteiger partial charge < -0.3 is 9.47 Å². The summed E-state index contributed by atoms with van der Waals surface area (Å²) in [5.41, 5.74) is 10.0. The SMILES string of the molecule is CC1(F)C=CC(n2c3ccccc3c3cc(-c4ccc(N(c5ccc(-c6ccccc6)cc5)c5cccc6c5sc5ccccc56)cc4)ccc32)=CC1. The lowest BCUT2D eigenvalue weighted by Crippen LogP contribution is -2.16. The van der Waals surface area contributed by atoms with Crippen molar-refractivity contribution in [3.63, 3.8) is 0 Å². The highest BCUT2D eigenvalue weighted by molar-refractivity contribution is 7.26. The number of anilines is 3. The van der Waals surface area contributed by atoms with E-state index in [1.54, 1.807) is 13.0 Å². The Bertz CT molecular complexity index is 2870. The fraction of sp³-hybridized carbons (Fsp3) is 0.0612. The van der Waals surface area contributed by atoms with Gasteiger partial charge in [0.25, 0.3) is 0 Å². The molecule has 0 saturated heterocycles. The highest BCUT2D eigenvalue weighted by atomic mass is 32.1. The third-order valence-corrected chi connectivity index (χ3v) is 11.8. The quantitative estimate of drug-likeness (QED) is 0.167. The zero-order valence-corrected chi connectivity index (χ0v) is 30.0. The summed E-state index contributed by atoms with van der Waals surface area (Å²) >= 11 is 1.85. The monoisotopic (exact) mass is 702 g/mol.